The molecule has 0 radical (unpaired) electrons. The summed E-state index contributed by atoms with van der Waals surface area (Å²) in [6.45, 7) is 1.62. The fourth-order valence-electron chi connectivity index (χ4n) is 1.22. The molecular formula is C8H14O2. The van der Waals surface area contributed by atoms with E-state index in [1.54, 1.807) is 6.92 Å². The molecule has 1 rings (SSSR count). The average Bonchev–Trinajstić information content (AvgIpc) is 2.34. The normalized spacial score (nSPS) is 21.5. The minimum absolute atomic E-state index is 0.256. The van der Waals surface area contributed by atoms with E-state index in [1.807, 2.05) is 0 Å². The van der Waals surface area contributed by atoms with Gasteiger partial charge in [0.1, 0.15) is 12.0 Å². The molecule has 1 fully saturated rings. The number of aliphatic hydroxyl groups is 1. The Morgan fingerprint density at radius 3 is 2.60 bits per heavy atom. The van der Waals surface area contributed by atoms with E-state index in [4.69, 9.17) is 9.84 Å². The predicted molar refractivity (Wildman–Crippen MR) is 39.7 cm³/mol. The highest BCUT2D eigenvalue weighted by Gasteiger charge is 2.14. The third kappa shape index (κ3) is 2.29. The van der Waals surface area contributed by atoms with Crippen molar-refractivity contribution in [3.05, 3.63) is 12.0 Å². The molecule has 1 aliphatic rings. The molecule has 10 heavy (non-hydrogen) atoms. The summed E-state index contributed by atoms with van der Waals surface area (Å²) in [5.41, 5.74) is 0. The summed E-state index contributed by atoms with van der Waals surface area (Å²) in [5, 5.41) is 8.75. The molecule has 1 saturated carbocycles. The van der Waals surface area contributed by atoms with Crippen molar-refractivity contribution in [2.45, 2.75) is 38.7 Å². The Hall–Kier alpha value is -0.660. The Labute approximate surface area is 61.5 Å². The van der Waals surface area contributed by atoms with E-state index in [0.717, 1.165) is 12.8 Å². The molecule has 2 nitrogen and oxygen atoms in total. The van der Waals surface area contributed by atoms with Gasteiger partial charge in [-0.2, -0.15) is 0 Å². The van der Waals surface area contributed by atoms with Gasteiger partial charge in [-0.25, -0.2) is 0 Å². The molecular weight excluding hydrogens is 128 g/mol. The lowest BCUT2D eigenvalue weighted by atomic mass is 10.3. The van der Waals surface area contributed by atoms with Crippen LogP contribution < -0.4 is 0 Å². The van der Waals surface area contributed by atoms with Gasteiger partial charge in [0.25, 0.3) is 0 Å². The molecule has 0 aromatic heterocycles. The fraction of sp³-hybridized carbons (Fsp3) is 0.750. The number of aliphatic hydroxyl groups excluding tert-OH is 1. The van der Waals surface area contributed by atoms with Crippen molar-refractivity contribution in [1.82, 2.24) is 0 Å². The fourth-order valence-corrected chi connectivity index (χ4v) is 1.22. The minimum atomic E-state index is 0.256. The highest BCUT2D eigenvalue weighted by Crippen LogP contribution is 2.21. The van der Waals surface area contributed by atoms with Gasteiger partial charge in [-0.3, -0.25) is 0 Å². The molecule has 0 bridgehead atoms. The van der Waals surface area contributed by atoms with Crippen LogP contribution in [0.25, 0.3) is 0 Å². The summed E-state index contributed by atoms with van der Waals surface area (Å²) in [4.78, 5) is 0. The highest BCUT2D eigenvalue weighted by atomic mass is 16.5. The van der Waals surface area contributed by atoms with Gasteiger partial charge in [0, 0.05) is 0 Å². The smallest absolute Gasteiger partial charge is 0.123 e. The van der Waals surface area contributed by atoms with Crippen LogP contribution >= 0.6 is 0 Å². The van der Waals surface area contributed by atoms with E-state index in [0.29, 0.717) is 6.10 Å². The van der Waals surface area contributed by atoms with E-state index >= 15 is 0 Å². The van der Waals surface area contributed by atoms with Crippen LogP contribution in [0, 0.1) is 0 Å². The Morgan fingerprint density at radius 1 is 1.50 bits per heavy atom. The topological polar surface area (TPSA) is 29.5 Å². The van der Waals surface area contributed by atoms with E-state index in [1.165, 1.54) is 19.1 Å². The lowest BCUT2D eigenvalue weighted by Gasteiger charge is -2.07. The molecule has 0 heterocycles. The Morgan fingerprint density at radius 2 is 2.10 bits per heavy atom. The van der Waals surface area contributed by atoms with E-state index < -0.39 is 0 Å². The Bertz CT molecular complexity index is 119. The quantitative estimate of drug-likeness (QED) is 0.600. The molecule has 1 aliphatic carbocycles. The second kappa shape index (κ2) is 3.49. The second-order valence-corrected chi connectivity index (χ2v) is 2.80. The zero-order valence-corrected chi connectivity index (χ0v) is 6.34. The first kappa shape index (κ1) is 7.45. The van der Waals surface area contributed by atoms with Crippen LogP contribution in [0.4, 0.5) is 0 Å². The summed E-state index contributed by atoms with van der Waals surface area (Å²) in [7, 11) is 0. The third-order valence-corrected chi connectivity index (χ3v) is 1.73. The van der Waals surface area contributed by atoms with Crippen molar-refractivity contribution in [1.29, 1.82) is 0 Å². The van der Waals surface area contributed by atoms with Gasteiger partial charge in [-0.05, 0) is 32.6 Å². The van der Waals surface area contributed by atoms with Gasteiger partial charge >= 0.3 is 0 Å². The van der Waals surface area contributed by atoms with Crippen molar-refractivity contribution < 1.29 is 9.84 Å². The molecule has 0 unspecified atom stereocenters. The molecule has 2 heteroatoms. The van der Waals surface area contributed by atoms with Gasteiger partial charge in [0.05, 0.1) is 6.10 Å². The summed E-state index contributed by atoms with van der Waals surface area (Å²) >= 11 is 0. The van der Waals surface area contributed by atoms with Crippen molar-refractivity contribution in [2.75, 3.05) is 0 Å². The molecule has 0 aromatic rings. The van der Waals surface area contributed by atoms with Crippen molar-refractivity contribution in [3.63, 3.8) is 0 Å². The molecule has 58 valence electrons. The first-order valence-electron chi connectivity index (χ1n) is 3.80. The first-order chi connectivity index (χ1) is 4.79. The molecule has 0 saturated heterocycles. The Balaban J connectivity index is 2.18. The van der Waals surface area contributed by atoms with Gasteiger partial charge in [-0.15, -0.1) is 0 Å². The van der Waals surface area contributed by atoms with Crippen LogP contribution in [0.1, 0.15) is 32.6 Å². The largest absolute Gasteiger partial charge is 0.509 e. The lowest BCUT2D eigenvalue weighted by molar-refractivity contribution is 0.140. The van der Waals surface area contributed by atoms with Gasteiger partial charge in [-0.1, -0.05) is 0 Å². The monoisotopic (exact) mass is 142 g/mol. The van der Waals surface area contributed by atoms with Crippen molar-refractivity contribution >= 4 is 0 Å². The predicted octanol–water partition coefficient (Wildman–Crippen LogP) is 2.36. The van der Waals surface area contributed by atoms with Crippen molar-refractivity contribution in [3.8, 4) is 0 Å². The molecule has 1 N–H and O–H groups in total. The molecule has 0 spiro atoms. The Kier molecular flexibility index (Phi) is 2.60. The summed E-state index contributed by atoms with van der Waals surface area (Å²) < 4.78 is 5.25. The summed E-state index contributed by atoms with van der Waals surface area (Å²) in [6.07, 6.45) is 6.62. The van der Waals surface area contributed by atoms with Gasteiger partial charge in [0.2, 0.25) is 0 Å². The zero-order chi connectivity index (χ0) is 7.40. The van der Waals surface area contributed by atoms with Crippen LogP contribution in [0.3, 0.4) is 0 Å². The number of hydrogen-bond donors (Lipinski definition) is 1. The SMILES string of the molecule is C/C(O)=C\OC1CCCC1. The van der Waals surface area contributed by atoms with Crippen LogP contribution in [0.2, 0.25) is 0 Å². The summed E-state index contributed by atoms with van der Waals surface area (Å²) in [6, 6.07) is 0. The maximum atomic E-state index is 8.75. The second-order valence-electron chi connectivity index (χ2n) is 2.80. The van der Waals surface area contributed by atoms with Crippen LogP contribution in [0.15, 0.2) is 12.0 Å². The molecule has 0 aliphatic heterocycles. The average molecular weight is 142 g/mol. The van der Waals surface area contributed by atoms with Crippen LogP contribution in [-0.2, 0) is 4.74 Å². The minimum Gasteiger partial charge on any atom is -0.509 e. The number of ether oxygens (including phenoxy) is 1. The number of allylic oxidation sites excluding steroid dienone is 1. The van der Waals surface area contributed by atoms with Crippen LogP contribution in [-0.4, -0.2) is 11.2 Å². The number of hydrogen-bond acceptors (Lipinski definition) is 2. The van der Waals surface area contributed by atoms with Gasteiger partial charge in [0.15, 0.2) is 0 Å². The summed E-state index contributed by atoms with van der Waals surface area (Å²) in [5.74, 6) is 0.256. The zero-order valence-electron chi connectivity index (χ0n) is 6.34. The molecule has 0 aromatic carbocycles. The highest BCUT2D eigenvalue weighted by molar-refractivity contribution is 4.79. The first-order valence-corrected chi connectivity index (χ1v) is 3.80. The third-order valence-electron chi connectivity index (χ3n) is 1.73. The van der Waals surface area contributed by atoms with E-state index in [-0.39, 0.29) is 5.76 Å². The maximum absolute atomic E-state index is 8.75. The van der Waals surface area contributed by atoms with Gasteiger partial charge < -0.3 is 9.84 Å². The van der Waals surface area contributed by atoms with Crippen LogP contribution in [0.5, 0.6) is 0 Å². The standard InChI is InChI=1S/C8H14O2/c1-7(9)6-10-8-4-2-3-5-8/h6,8-9H,2-5H2,1H3/b7-6+. The maximum Gasteiger partial charge on any atom is 0.123 e. The molecule has 0 amide bonds. The lowest BCUT2D eigenvalue weighted by Crippen LogP contribution is -2.02. The van der Waals surface area contributed by atoms with E-state index in [2.05, 4.69) is 0 Å². The number of rotatable bonds is 2. The van der Waals surface area contributed by atoms with E-state index in [9.17, 15) is 0 Å². The molecule has 0 atom stereocenters. The van der Waals surface area contributed by atoms with Crippen molar-refractivity contribution in [2.24, 2.45) is 0 Å².